The molecule has 1 aromatic rings. The number of nitrogens with one attached hydrogen (secondary N) is 1. The van der Waals surface area contributed by atoms with Crippen molar-refractivity contribution >= 4 is 27.8 Å². The molecule has 0 aromatic heterocycles. The largest absolute Gasteiger partial charge is 0.481 e. The van der Waals surface area contributed by atoms with Gasteiger partial charge in [0.15, 0.2) is 0 Å². The van der Waals surface area contributed by atoms with Crippen molar-refractivity contribution in [2.45, 2.75) is 27.3 Å². The lowest BCUT2D eigenvalue weighted by atomic mass is 9.80. The maximum Gasteiger partial charge on any atom is 0.316 e. The molecule has 1 unspecified atom stereocenters. The summed E-state index contributed by atoms with van der Waals surface area (Å²) in [7, 11) is 0. The van der Waals surface area contributed by atoms with Crippen molar-refractivity contribution < 1.29 is 14.7 Å². The fourth-order valence-corrected chi connectivity index (χ4v) is 2.23. The highest BCUT2D eigenvalue weighted by molar-refractivity contribution is 9.10. The van der Waals surface area contributed by atoms with Crippen LogP contribution in [-0.2, 0) is 16.1 Å². The van der Waals surface area contributed by atoms with Gasteiger partial charge >= 0.3 is 5.97 Å². The van der Waals surface area contributed by atoms with E-state index in [1.165, 1.54) is 0 Å². The van der Waals surface area contributed by atoms with Gasteiger partial charge in [0.2, 0.25) is 5.91 Å². The summed E-state index contributed by atoms with van der Waals surface area (Å²) >= 11 is 3.38. The zero-order valence-corrected chi connectivity index (χ0v) is 12.8. The SMILES string of the molecule is CC(C)(C)C(C(=O)O)C(=O)NCc1ccccc1Br. The second-order valence-corrected chi connectivity index (χ2v) is 6.30. The summed E-state index contributed by atoms with van der Waals surface area (Å²) in [6, 6.07) is 7.49. The van der Waals surface area contributed by atoms with Crippen LogP contribution in [0.25, 0.3) is 0 Å². The normalized spacial score (nSPS) is 12.8. The number of carbonyl (C=O) groups excluding carboxylic acids is 1. The molecule has 0 aliphatic heterocycles. The molecule has 1 amide bonds. The predicted octanol–water partition coefficient (Wildman–Crippen LogP) is 2.81. The molecule has 1 atom stereocenters. The van der Waals surface area contributed by atoms with E-state index in [2.05, 4.69) is 21.2 Å². The molecule has 19 heavy (non-hydrogen) atoms. The van der Waals surface area contributed by atoms with E-state index in [1.807, 2.05) is 24.3 Å². The van der Waals surface area contributed by atoms with E-state index in [0.29, 0.717) is 6.54 Å². The Bertz CT molecular complexity index is 480. The van der Waals surface area contributed by atoms with Gasteiger partial charge in [-0.25, -0.2) is 0 Å². The second-order valence-electron chi connectivity index (χ2n) is 5.45. The topological polar surface area (TPSA) is 66.4 Å². The zero-order chi connectivity index (χ0) is 14.6. The fourth-order valence-electron chi connectivity index (χ4n) is 1.80. The molecule has 0 fully saturated rings. The number of hydrogen-bond acceptors (Lipinski definition) is 2. The number of halogens is 1. The van der Waals surface area contributed by atoms with E-state index in [4.69, 9.17) is 5.11 Å². The van der Waals surface area contributed by atoms with Crippen molar-refractivity contribution in [2.24, 2.45) is 11.3 Å². The summed E-state index contributed by atoms with van der Waals surface area (Å²) in [5, 5.41) is 11.8. The van der Waals surface area contributed by atoms with Crippen LogP contribution in [0.4, 0.5) is 0 Å². The van der Waals surface area contributed by atoms with Crippen LogP contribution < -0.4 is 5.32 Å². The van der Waals surface area contributed by atoms with Gasteiger partial charge in [-0.05, 0) is 17.0 Å². The van der Waals surface area contributed by atoms with Gasteiger partial charge in [-0.3, -0.25) is 9.59 Å². The highest BCUT2D eigenvalue weighted by Crippen LogP contribution is 2.26. The number of carboxylic acids is 1. The molecule has 0 aliphatic carbocycles. The van der Waals surface area contributed by atoms with Gasteiger partial charge in [-0.1, -0.05) is 54.9 Å². The molecule has 0 bridgehead atoms. The second kappa shape index (κ2) is 6.19. The quantitative estimate of drug-likeness (QED) is 0.835. The molecule has 104 valence electrons. The monoisotopic (exact) mass is 327 g/mol. The molecule has 0 spiro atoms. The van der Waals surface area contributed by atoms with Crippen molar-refractivity contribution in [2.75, 3.05) is 0 Å². The summed E-state index contributed by atoms with van der Waals surface area (Å²) in [5.41, 5.74) is 0.290. The highest BCUT2D eigenvalue weighted by Gasteiger charge is 2.37. The molecular weight excluding hydrogens is 310 g/mol. The number of carbonyl (C=O) groups is 2. The van der Waals surface area contributed by atoms with E-state index in [0.717, 1.165) is 10.0 Å². The summed E-state index contributed by atoms with van der Waals surface area (Å²) in [5.74, 6) is -2.62. The van der Waals surface area contributed by atoms with Gasteiger partial charge in [0, 0.05) is 11.0 Å². The van der Waals surface area contributed by atoms with Gasteiger partial charge in [0.1, 0.15) is 5.92 Å². The average Bonchev–Trinajstić information content (AvgIpc) is 2.25. The lowest BCUT2D eigenvalue weighted by Crippen LogP contribution is -2.42. The minimum atomic E-state index is -1.10. The fraction of sp³-hybridized carbons (Fsp3) is 0.429. The summed E-state index contributed by atoms with van der Waals surface area (Å²) in [6.45, 7) is 5.53. The minimum absolute atomic E-state index is 0.306. The van der Waals surface area contributed by atoms with Gasteiger partial charge in [-0.15, -0.1) is 0 Å². The Hall–Kier alpha value is -1.36. The third-order valence-electron chi connectivity index (χ3n) is 2.79. The number of rotatable bonds is 4. The van der Waals surface area contributed by atoms with E-state index in [1.54, 1.807) is 20.8 Å². The summed E-state index contributed by atoms with van der Waals surface area (Å²) < 4.78 is 0.887. The van der Waals surface area contributed by atoms with E-state index >= 15 is 0 Å². The lowest BCUT2D eigenvalue weighted by molar-refractivity contribution is -0.151. The van der Waals surface area contributed by atoms with Crippen LogP contribution in [0.1, 0.15) is 26.3 Å². The van der Waals surface area contributed by atoms with Crippen LogP contribution in [0.3, 0.4) is 0 Å². The van der Waals surface area contributed by atoms with Crippen LogP contribution in [0.2, 0.25) is 0 Å². The molecule has 1 rings (SSSR count). The van der Waals surface area contributed by atoms with Gasteiger partial charge in [0.25, 0.3) is 0 Å². The number of carboxylic acid groups (broad SMARTS) is 1. The van der Waals surface area contributed by atoms with Crippen molar-refractivity contribution in [3.05, 3.63) is 34.3 Å². The number of aliphatic carboxylic acids is 1. The van der Waals surface area contributed by atoms with E-state index < -0.39 is 23.2 Å². The molecule has 5 heteroatoms. The van der Waals surface area contributed by atoms with Crippen LogP contribution in [0.15, 0.2) is 28.7 Å². The average molecular weight is 328 g/mol. The Morgan fingerprint density at radius 2 is 1.89 bits per heavy atom. The summed E-state index contributed by atoms with van der Waals surface area (Å²) in [4.78, 5) is 23.2. The van der Waals surface area contributed by atoms with Gasteiger partial charge in [-0.2, -0.15) is 0 Å². The molecule has 0 heterocycles. The highest BCUT2D eigenvalue weighted by atomic mass is 79.9. The van der Waals surface area contributed by atoms with E-state index in [-0.39, 0.29) is 0 Å². The summed E-state index contributed by atoms with van der Waals surface area (Å²) in [6.07, 6.45) is 0. The van der Waals surface area contributed by atoms with Crippen LogP contribution in [-0.4, -0.2) is 17.0 Å². The Morgan fingerprint density at radius 3 is 2.37 bits per heavy atom. The molecule has 0 aliphatic rings. The number of amides is 1. The molecule has 4 nitrogen and oxygen atoms in total. The lowest BCUT2D eigenvalue weighted by Gasteiger charge is -2.26. The van der Waals surface area contributed by atoms with Crippen molar-refractivity contribution in [3.63, 3.8) is 0 Å². The minimum Gasteiger partial charge on any atom is -0.481 e. The Labute approximate surface area is 121 Å². The van der Waals surface area contributed by atoms with E-state index in [9.17, 15) is 9.59 Å². The van der Waals surface area contributed by atoms with Crippen LogP contribution in [0, 0.1) is 11.3 Å². The molecule has 2 N–H and O–H groups in total. The van der Waals surface area contributed by atoms with Gasteiger partial charge < -0.3 is 10.4 Å². The number of benzene rings is 1. The van der Waals surface area contributed by atoms with Crippen LogP contribution >= 0.6 is 15.9 Å². The molecule has 1 aromatic carbocycles. The first-order valence-corrected chi connectivity index (χ1v) is 6.76. The van der Waals surface area contributed by atoms with Crippen LogP contribution in [0.5, 0.6) is 0 Å². The third kappa shape index (κ3) is 4.35. The van der Waals surface area contributed by atoms with Crippen molar-refractivity contribution in [3.8, 4) is 0 Å². The maximum atomic E-state index is 12.0. The molecule has 0 saturated carbocycles. The van der Waals surface area contributed by atoms with Crippen molar-refractivity contribution in [1.82, 2.24) is 5.32 Å². The molecule has 0 saturated heterocycles. The molecule has 0 radical (unpaired) electrons. The number of hydrogen-bond donors (Lipinski definition) is 2. The maximum absolute atomic E-state index is 12.0. The first kappa shape index (κ1) is 15.7. The van der Waals surface area contributed by atoms with Gasteiger partial charge in [0.05, 0.1) is 0 Å². The molecular formula is C14H18BrNO3. The standard InChI is InChI=1S/C14H18BrNO3/c1-14(2,3)11(13(18)19)12(17)16-8-9-6-4-5-7-10(9)15/h4-7,11H,8H2,1-3H3,(H,16,17)(H,18,19). The first-order valence-electron chi connectivity index (χ1n) is 5.97. The Kier molecular flexibility index (Phi) is 5.11. The predicted molar refractivity (Wildman–Crippen MR) is 76.6 cm³/mol. The third-order valence-corrected chi connectivity index (χ3v) is 3.56. The first-order chi connectivity index (χ1) is 8.73. The Morgan fingerprint density at radius 1 is 1.32 bits per heavy atom. The van der Waals surface area contributed by atoms with Crippen molar-refractivity contribution in [1.29, 1.82) is 0 Å². The Balaban J connectivity index is 2.74. The smallest absolute Gasteiger partial charge is 0.316 e. The zero-order valence-electron chi connectivity index (χ0n) is 11.2.